The first-order valence-electron chi connectivity index (χ1n) is 8.29. The summed E-state index contributed by atoms with van der Waals surface area (Å²) in [5.41, 5.74) is 2.47. The molecule has 1 fully saturated rings. The Morgan fingerprint density at radius 1 is 1.09 bits per heavy atom. The summed E-state index contributed by atoms with van der Waals surface area (Å²) in [6, 6.07) is 14.5. The highest BCUT2D eigenvalue weighted by Crippen LogP contribution is 2.27. The second kappa shape index (κ2) is 7.77. The number of nitrogens with zero attached hydrogens (tertiary/aromatic N) is 2. The molecule has 0 aliphatic carbocycles. The standard InChI is InChI=1S/C19H23N3O/c23-19(21-15-16-8-11-20-12-9-16)22-13-4-7-18(10-14-22)17-5-2-1-3-6-17/h1-3,5-6,8-9,11-12,18H,4,7,10,13-15H2,(H,21,23)/t18-/m0/s1. The van der Waals surface area contributed by atoms with Gasteiger partial charge in [0.1, 0.15) is 0 Å². The van der Waals surface area contributed by atoms with Crippen molar-refractivity contribution in [3.63, 3.8) is 0 Å². The molecule has 1 aromatic heterocycles. The summed E-state index contributed by atoms with van der Waals surface area (Å²) < 4.78 is 0. The largest absolute Gasteiger partial charge is 0.334 e. The minimum atomic E-state index is 0.0375. The molecule has 0 unspecified atom stereocenters. The molecule has 2 aromatic rings. The second-order valence-electron chi connectivity index (χ2n) is 6.04. The Bertz CT molecular complexity index is 615. The van der Waals surface area contributed by atoms with Crippen LogP contribution in [0.2, 0.25) is 0 Å². The molecule has 4 nitrogen and oxygen atoms in total. The third kappa shape index (κ3) is 4.31. The van der Waals surface area contributed by atoms with E-state index in [1.165, 1.54) is 5.56 Å². The predicted octanol–water partition coefficient (Wildman–Crippen LogP) is 3.56. The molecule has 120 valence electrons. The molecule has 1 saturated heterocycles. The molecule has 0 spiro atoms. The highest BCUT2D eigenvalue weighted by atomic mass is 16.2. The van der Waals surface area contributed by atoms with Crippen LogP contribution in [0, 0.1) is 0 Å². The Labute approximate surface area is 137 Å². The Hall–Kier alpha value is -2.36. The van der Waals surface area contributed by atoms with Gasteiger partial charge in [-0.05, 0) is 48.4 Å². The smallest absolute Gasteiger partial charge is 0.317 e. The summed E-state index contributed by atoms with van der Waals surface area (Å²) in [5, 5.41) is 3.01. The number of carbonyl (C=O) groups is 1. The Balaban J connectivity index is 1.52. The first-order chi connectivity index (χ1) is 11.3. The van der Waals surface area contributed by atoms with Crippen molar-refractivity contribution >= 4 is 6.03 Å². The van der Waals surface area contributed by atoms with Gasteiger partial charge in [-0.1, -0.05) is 30.3 Å². The van der Waals surface area contributed by atoms with Crippen LogP contribution < -0.4 is 5.32 Å². The molecule has 0 radical (unpaired) electrons. The Morgan fingerprint density at radius 2 is 1.87 bits per heavy atom. The van der Waals surface area contributed by atoms with Crippen molar-refractivity contribution in [2.24, 2.45) is 0 Å². The van der Waals surface area contributed by atoms with Gasteiger partial charge in [0, 0.05) is 32.0 Å². The summed E-state index contributed by atoms with van der Waals surface area (Å²) in [6.07, 6.45) is 6.74. The van der Waals surface area contributed by atoms with Crippen LogP contribution in [-0.2, 0) is 6.54 Å². The second-order valence-corrected chi connectivity index (χ2v) is 6.04. The van der Waals surface area contributed by atoms with Crippen molar-refractivity contribution in [1.29, 1.82) is 0 Å². The number of hydrogen-bond donors (Lipinski definition) is 1. The van der Waals surface area contributed by atoms with Crippen LogP contribution in [0.15, 0.2) is 54.9 Å². The zero-order valence-electron chi connectivity index (χ0n) is 13.3. The summed E-state index contributed by atoms with van der Waals surface area (Å²) in [6.45, 7) is 2.22. The number of aromatic nitrogens is 1. The van der Waals surface area contributed by atoms with Gasteiger partial charge in [0.05, 0.1) is 0 Å². The van der Waals surface area contributed by atoms with Crippen molar-refractivity contribution < 1.29 is 4.79 Å². The highest BCUT2D eigenvalue weighted by molar-refractivity contribution is 5.74. The Morgan fingerprint density at radius 3 is 2.65 bits per heavy atom. The number of carbonyl (C=O) groups excluding carboxylic acids is 1. The van der Waals surface area contributed by atoms with E-state index in [1.54, 1.807) is 12.4 Å². The number of urea groups is 1. The average molecular weight is 309 g/mol. The number of benzene rings is 1. The van der Waals surface area contributed by atoms with Crippen LogP contribution in [-0.4, -0.2) is 29.0 Å². The van der Waals surface area contributed by atoms with Crippen molar-refractivity contribution in [2.45, 2.75) is 31.7 Å². The van der Waals surface area contributed by atoms with Crippen LogP contribution in [0.4, 0.5) is 4.79 Å². The molecule has 1 aliphatic rings. The van der Waals surface area contributed by atoms with E-state index < -0.39 is 0 Å². The maximum Gasteiger partial charge on any atom is 0.317 e. The molecule has 1 atom stereocenters. The fraction of sp³-hybridized carbons (Fsp3) is 0.368. The highest BCUT2D eigenvalue weighted by Gasteiger charge is 2.21. The third-order valence-corrected chi connectivity index (χ3v) is 4.48. The maximum absolute atomic E-state index is 12.4. The van der Waals surface area contributed by atoms with E-state index in [2.05, 4.69) is 40.6 Å². The van der Waals surface area contributed by atoms with Gasteiger partial charge >= 0.3 is 6.03 Å². The van der Waals surface area contributed by atoms with Crippen molar-refractivity contribution in [1.82, 2.24) is 15.2 Å². The average Bonchev–Trinajstić information content (AvgIpc) is 2.87. The zero-order valence-corrected chi connectivity index (χ0v) is 13.3. The van der Waals surface area contributed by atoms with E-state index in [1.807, 2.05) is 17.0 Å². The summed E-state index contributed by atoms with van der Waals surface area (Å²) >= 11 is 0. The lowest BCUT2D eigenvalue weighted by Gasteiger charge is -2.21. The maximum atomic E-state index is 12.4. The molecular formula is C19H23N3O. The van der Waals surface area contributed by atoms with E-state index in [0.29, 0.717) is 12.5 Å². The number of pyridine rings is 1. The lowest BCUT2D eigenvalue weighted by atomic mass is 9.92. The van der Waals surface area contributed by atoms with Gasteiger partial charge in [0.2, 0.25) is 0 Å². The SMILES string of the molecule is O=C(NCc1ccncc1)N1CCC[C@H](c2ccccc2)CC1. The molecular weight excluding hydrogens is 286 g/mol. The van der Waals surface area contributed by atoms with Crippen molar-refractivity contribution in [3.05, 3.63) is 66.0 Å². The van der Waals surface area contributed by atoms with Gasteiger partial charge in [-0.25, -0.2) is 4.79 Å². The zero-order chi connectivity index (χ0) is 15.9. The van der Waals surface area contributed by atoms with Crippen LogP contribution >= 0.6 is 0 Å². The monoisotopic (exact) mass is 309 g/mol. The quantitative estimate of drug-likeness (QED) is 0.942. The van der Waals surface area contributed by atoms with Gasteiger partial charge in [-0.2, -0.15) is 0 Å². The first-order valence-corrected chi connectivity index (χ1v) is 8.29. The molecule has 2 amide bonds. The Kier molecular flexibility index (Phi) is 5.25. The summed E-state index contributed by atoms with van der Waals surface area (Å²) in [7, 11) is 0. The fourth-order valence-corrected chi connectivity index (χ4v) is 3.15. The topological polar surface area (TPSA) is 45.2 Å². The van der Waals surface area contributed by atoms with Gasteiger partial charge in [-0.3, -0.25) is 4.98 Å². The van der Waals surface area contributed by atoms with E-state index in [4.69, 9.17) is 0 Å². The van der Waals surface area contributed by atoms with Gasteiger partial charge in [-0.15, -0.1) is 0 Å². The summed E-state index contributed by atoms with van der Waals surface area (Å²) in [4.78, 5) is 18.3. The van der Waals surface area contributed by atoms with Crippen LogP contribution in [0.3, 0.4) is 0 Å². The lowest BCUT2D eigenvalue weighted by molar-refractivity contribution is 0.199. The molecule has 1 aliphatic heterocycles. The molecule has 1 aromatic carbocycles. The molecule has 0 bridgehead atoms. The number of likely N-dealkylation sites (tertiary alicyclic amines) is 1. The number of rotatable bonds is 3. The number of hydrogen-bond acceptors (Lipinski definition) is 2. The van der Waals surface area contributed by atoms with Crippen molar-refractivity contribution in [2.75, 3.05) is 13.1 Å². The van der Waals surface area contributed by atoms with E-state index in [0.717, 1.165) is 37.9 Å². The van der Waals surface area contributed by atoms with Crippen molar-refractivity contribution in [3.8, 4) is 0 Å². The molecule has 0 saturated carbocycles. The van der Waals surface area contributed by atoms with Gasteiger partial charge < -0.3 is 10.2 Å². The minimum Gasteiger partial charge on any atom is -0.334 e. The van der Waals surface area contributed by atoms with Crippen LogP contribution in [0.5, 0.6) is 0 Å². The van der Waals surface area contributed by atoms with E-state index >= 15 is 0 Å². The van der Waals surface area contributed by atoms with Crippen LogP contribution in [0.1, 0.15) is 36.3 Å². The number of amides is 2. The molecule has 23 heavy (non-hydrogen) atoms. The molecule has 4 heteroatoms. The van der Waals surface area contributed by atoms with Crippen LogP contribution in [0.25, 0.3) is 0 Å². The predicted molar refractivity (Wildman–Crippen MR) is 91.1 cm³/mol. The van der Waals surface area contributed by atoms with Gasteiger partial charge in [0.25, 0.3) is 0 Å². The lowest BCUT2D eigenvalue weighted by Crippen LogP contribution is -2.40. The van der Waals surface area contributed by atoms with E-state index in [-0.39, 0.29) is 6.03 Å². The minimum absolute atomic E-state index is 0.0375. The first kappa shape index (κ1) is 15.5. The van der Waals surface area contributed by atoms with E-state index in [9.17, 15) is 4.79 Å². The van der Waals surface area contributed by atoms with Gasteiger partial charge in [0.15, 0.2) is 0 Å². The molecule has 1 N–H and O–H groups in total. The fourth-order valence-electron chi connectivity index (χ4n) is 3.15. The molecule has 3 rings (SSSR count). The molecule has 2 heterocycles. The third-order valence-electron chi connectivity index (χ3n) is 4.48. The normalized spacial score (nSPS) is 18.3. The summed E-state index contributed by atoms with van der Waals surface area (Å²) in [5.74, 6) is 0.564. The number of nitrogens with one attached hydrogen (secondary N) is 1.